The van der Waals surface area contributed by atoms with Crippen LogP contribution in [0.25, 0.3) is 11.0 Å². The molecule has 172 valence electrons. The van der Waals surface area contributed by atoms with Crippen molar-refractivity contribution in [2.45, 2.75) is 31.7 Å². The number of para-hydroxylation sites is 2. The molecular formula is C25H27ClN4O3. The number of aromatic amines is 1. The molecule has 0 saturated carbocycles. The van der Waals surface area contributed by atoms with Gasteiger partial charge in [0.25, 0.3) is 5.91 Å². The van der Waals surface area contributed by atoms with Gasteiger partial charge < -0.3 is 14.8 Å². The summed E-state index contributed by atoms with van der Waals surface area (Å²) in [4.78, 5) is 45.3. The van der Waals surface area contributed by atoms with E-state index in [0.29, 0.717) is 36.8 Å². The average molecular weight is 467 g/mol. The van der Waals surface area contributed by atoms with Crippen molar-refractivity contribution in [2.75, 3.05) is 26.2 Å². The molecule has 3 aromatic rings. The van der Waals surface area contributed by atoms with Gasteiger partial charge in [0, 0.05) is 42.8 Å². The molecule has 0 aliphatic carbocycles. The molecule has 2 aliphatic rings. The molecule has 0 bridgehead atoms. The summed E-state index contributed by atoms with van der Waals surface area (Å²) in [5.74, 6) is -0.114. The maximum absolute atomic E-state index is 13.3. The largest absolute Gasteiger partial charge is 0.342 e. The van der Waals surface area contributed by atoms with Crippen LogP contribution in [0, 0.1) is 5.92 Å². The van der Waals surface area contributed by atoms with Crippen LogP contribution in [0.5, 0.6) is 0 Å². The number of hydrogen-bond donors (Lipinski definition) is 1. The van der Waals surface area contributed by atoms with E-state index < -0.39 is 0 Å². The van der Waals surface area contributed by atoms with Crippen molar-refractivity contribution >= 4 is 34.4 Å². The Balaban J connectivity index is 1.22. The fourth-order valence-corrected chi connectivity index (χ4v) is 5.30. The number of fused-ring (bicyclic) bond motifs is 1. The van der Waals surface area contributed by atoms with Crippen LogP contribution in [0.3, 0.4) is 0 Å². The molecule has 2 fully saturated rings. The number of rotatable bonds is 3. The molecule has 8 heteroatoms. The molecule has 1 aromatic heterocycles. The second-order valence-electron chi connectivity index (χ2n) is 8.97. The van der Waals surface area contributed by atoms with Crippen LogP contribution in [0.15, 0.2) is 53.3 Å². The van der Waals surface area contributed by atoms with Crippen molar-refractivity contribution in [2.24, 2.45) is 5.92 Å². The van der Waals surface area contributed by atoms with Gasteiger partial charge in [0.05, 0.1) is 17.0 Å². The number of likely N-dealkylation sites (tertiary alicyclic amines) is 2. The molecule has 2 aromatic carbocycles. The summed E-state index contributed by atoms with van der Waals surface area (Å²) in [5.41, 5.74) is 2.26. The van der Waals surface area contributed by atoms with Gasteiger partial charge in [-0.05, 0) is 62.1 Å². The van der Waals surface area contributed by atoms with Crippen molar-refractivity contribution in [3.8, 4) is 0 Å². The second-order valence-corrected chi connectivity index (χ2v) is 9.41. The van der Waals surface area contributed by atoms with Crippen molar-refractivity contribution < 1.29 is 9.59 Å². The summed E-state index contributed by atoms with van der Waals surface area (Å²) in [7, 11) is 0. The van der Waals surface area contributed by atoms with E-state index >= 15 is 0 Å². The van der Waals surface area contributed by atoms with Gasteiger partial charge >= 0.3 is 5.69 Å². The molecule has 1 unspecified atom stereocenters. The quantitative estimate of drug-likeness (QED) is 0.639. The van der Waals surface area contributed by atoms with E-state index in [-0.39, 0.29) is 29.5 Å². The van der Waals surface area contributed by atoms with Gasteiger partial charge in [-0.3, -0.25) is 14.2 Å². The Kier molecular flexibility index (Phi) is 5.98. The molecule has 7 nitrogen and oxygen atoms in total. The molecule has 2 aliphatic heterocycles. The zero-order chi connectivity index (χ0) is 22.9. The Labute approximate surface area is 196 Å². The summed E-state index contributed by atoms with van der Waals surface area (Å²) in [6, 6.07) is 14.7. The lowest BCUT2D eigenvalue weighted by molar-refractivity contribution is -0.138. The number of piperidine rings is 2. The SMILES string of the molecule is O=C(c1ccc(Cl)cc1)N1CCCC(C(=O)N2CCC(n3c(=O)[nH]c4ccccc43)CC2)C1. The summed E-state index contributed by atoms with van der Waals surface area (Å²) < 4.78 is 1.84. The third kappa shape index (κ3) is 4.29. The van der Waals surface area contributed by atoms with Gasteiger partial charge in [0.2, 0.25) is 5.91 Å². The summed E-state index contributed by atoms with van der Waals surface area (Å²) in [6.45, 7) is 2.35. The minimum absolute atomic E-state index is 0.0541. The zero-order valence-corrected chi connectivity index (χ0v) is 19.1. The monoisotopic (exact) mass is 466 g/mol. The highest BCUT2D eigenvalue weighted by Crippen LogP contribution is 2.28. The Bertz CT molecular complexity index is 1220. The summed E-state index contributed by atoms with van der Waals surface area (Å²) >= 11 is 5.94. The summed E-state index contributed by atoms with van der Waals surface area (Å²) in [5, 5.41) is 0.594. The third-order valence-electron chi connectivity index (χ3n) is 6.91. The highest BCUT2D eigenvalue weighted by molar-refractivity contribution is 6.30. The molecule has 2 saturated heterocycles. The number of hydrogen-bond acceptors (Lipinski definition) is 3. The first-order chi connectivity index (χ1) is 16.0. The number of H-pyrrole nitrogens is 1. The van der Waals surface area contributed by atoms with E-state index in [9.17, 15) is 14.4 Å². The first kappa shape index (κ1) is 21.8. The Hall–Kier alpha value is -3.06. The number of aromatic nitrogens is 2. The van der Waals surface area contributed by atoms with Crippen molar-refractivity contribution in [3.05, 3.63) is 69.6 Å². The first-order valence-corrected chi connectivity index (χ1v) is 11.9. The normalized spacial score (nSPS) is 19.7. The van der Waals surface area contributed by atoms with Crippen LogP contribution in [-0.2, 0) is 4.79 Å². The van der Waals surface area contributed by atoms with E-state index in [1.54, 1.807) is 29.2 Å². The smallest absolute Gasteiger partial charge is 0.326 e. The lowest BCUT2D eigenvalue weighted by Crippen LogP contribution is -2.49. The lowest BCUT2D eigenvalue weighted by Gasteiger charge is -2.38. The number of amides is 2. The van der Waals surface area contributed by atoms with E-state index in [1.807, 2.05) is 33.7 Å². The van der Waals surface area contributed by atoms with Crippen LogP contribution in [0.2, 0.25) is 5.02 Å². The van der Waals surface area contributed by atoms with Crippen LogP contribution in [0.4, 0.5) is 0 Å². The van der Waals surface area contributed by atoms with Crippen molar-refractivity contribution in [1.82, 2.24) is 19.4 Å². The fourth-order valence-electron chi connectivity index (χ4n) is 5.18. The lowest BCUT2D eigenvalue weighted by atomic mass is 9.94. The molecule has 5 rings (SSSR count). The van der Waals surface area contributed by atoms with Crippen molar-refractivity contribution in [3.63, 3.8) is 0 Å². The predicted octanol–water partition coefficient (Wildman–Crippen LogP) is 3.70. The average Bonchev–Trinajstić information content (AvgIpc) is 3.19. The number of benzene rings is 2. The van der Waals surface area contributed by atoms with Gasteiger partial charge in [0.15, 0.2) is 0 Å². The standard InChI is InChI=1S/C25H27ClN4O3/c26-19-9-7-17(8-10-19)23(31)29-13-3-4-18(16-29)24(32)28-14-11-20(12-15-28)30-22-6-2-1-5-21(22)27-25(30)33/h1-2,5-10,18,20H,3-4,11-16H2,(H,27,33). The second kappa shape index (κ2) is 9.06. The highest BCUT2D eigenvalue weighted by Gasteiger charge is 2.34. The molecule has 2 amide bonds. The minimum atomic E-state index is -0.178. The van der Waals surface area contributed by atoms with E-state index in [0.717, 1.165) is 36.7 Å². The van der Waals surface area contributed by atoms with Gasteiger partial charge in [-0.25, -0.2) is 4.79 Å². The van der Waals surface area contributed by atoms with Gasteiger partial charge in [-0.2, -0.15) is 0 Å². The Morgan fingerprint density at radius 3 is 2.39 bits per heavy atom. The molecule has 33 heavy (non-hydrogen) atoms. The summed E-state index contributed by atoms with van der Waals surface area (Å²) in [6.07, 6.45) is 3.10. The number of imidazole rings is 1. The number of carbonyl (C=O) groups excluding carboxylic acids is 2. The van der Waals surface area contributed by atoms with E-state index in [2.05, 4.69) is 4.98 Å². The first-order valence-electron chi connectivity index (χ1n) is 11.5. The molecule has 0 spiro atoms. The Morgan fingerprint density at radius 1 is 0.909 bits per heavy atom. The Morgan fingerprint density at radius 2 is 1.64 bits per heavy atom. The van der Waals surface area contributed by atoms with Gasteiger partial charge in [-0.1, -0.05) is 23.7 Å². The number of halogens is 1. The zero-order valence-electron chi connectivity index (χ0n) is 18.4. The number of carbonyl (C=O) groups is 2. The van der Waals surface area contributed by atoms with E-state index in [1.165, 1.54) is 0 Å². The third-order valence-corrected chi connectivity index (χ3v) is 7.17. The maximum Gasteiger partial charge on any atom is 0.326 e. The van der Waals surface area contributed by atoms with Gasteiger partial charge in [0.1, 0.15) is 0 Å². The molecule has 0 radical (unpaired) electrons. The van der Waals surface area contributed by atoms with Crippen LogP contribution < -0.4 is 5.69 Å². The predicted molar refractivity (Wildman–Crippen MR) is 127 cm³/mol. The topological polar surface area (TPSA) is 78.4 Å². The van der Waals surface area contributed by atoms with E-state index in [4.69, 9.17) is 11.6 Å². The maximum atomic E-state index is 13.3. The van der Waals surface area contributed by atoms with Crippen LogP contribution in [-0.4, -0.2) is 57.3 Å². The molecular weight excluding hydrogens is 440 g/mol. The van der Waals surface area contributed by atoms with Crippen molar-refractivity contribution in [1.29, 1.82) is 0 Å². The number of nitrogens with one attached hydrogen (secondary N) is 1. The minimum Gasteiger partial charge on any atom is -0.342 e. The van der Waals surface area contributed by atoms with Crippen LogP contribution >= 0.6 is 11.6 Å². The molecule has 1 atom stereocenters. The van der Waals surface area contributed by atoms with Gasteiger partial charge in [-0.15, -0.1) is 0 Å². The fraction of sp³-hybridized carbons (Fsp3) is 0.400. The van der Waals surface area contributed by atoms with Crippen LogP contribution in [0.1, 0.15) is 42.1 Å². The number of nitrogens with zero attached hydrogens (tertiary/aromatic N) is 3. The molecule has 1 N–H and O–H groups in total. The molecule has 3 heterocycles. The highest BCUT2D eigenvalue weighted by atomic mass is 35.5.